The second-order valence-electron chi connectivity index (χ2n) is 8.58. The second kappa shape index (κ2) is 10.1. The molecule has 0 fully saturated rings. The van der Waals surface area contributed by atoms with Crippen molar-refractivity contribution in [1.82, 2.24) is 25.0 Å². The predicted molar refractivity (Wildman–Crippen MR) is 153 cm³/mol. The Hall–Kier alpha value is -4.53. The Balaban J connectivity index is 1.28. The number of carbonyl (C=O) groups excluding carboxylic acids is 1. The van der Waals surface area contributed by atoms with E-state index in [4.69, 9.17) is 16.7 Å². The molecule has 1 N–H and O–H groups in total. The van der Waals surface area contributed by atoms with Crippen LogP contribution < -0.4 is 5.43 Å². The van der Waals surface area contributed by atoms with Crippen LogP contribution in [0.3, 0.4) is 0 Å². The minimum Gasteiger partial charge on any atom is -0.266 e. The van der Waals surface area contributed by atoms with Crippen LogP contribution in [0, 0.1) is 6.92 Å². The van der Waals surface area contributed by atoms with E-state index in [0.717, 1.165) is 44.1 Å². The highest BCUT2D eigenvalue weighted by molar-refractivity contribution is 7.20. The third kappa shape index (κ3) is 4.63. The molecule has 0 saturated carbocycles. The van der Waals surface area contributed by atoms with Crippen LogP contribution >= 0.6 is 22.9 Å². The van der Waals surface area contributed by atoms with Crippen molar-refractivity contribution in [2.24, 2.45) is 5.10 Å². The van der Waals surface area contributed by atoms with Gasteiger partial charge in [-0.15, -0.1) is 11.3 Å². The normalized spacial score (nSPS) is 11.4. The molecule has 0 bridgehead atoms. The molecule has 0 atom stereocenters. The minimum atomic E-state index is -0.287. The van der Waals surface area contributed by atoms with Gasteiger partial charge >= 0.3 is 0 Å². The van der Waals surface area contributed by atoms with E-state index < -0.39 is 0 Å². The summed E-state index contributed by atoms with van der Waals surface area (Å²) in [5.74, 6) is -0.287. The summed E-state index contributed by atoms with van der Waals surface area (Å²) >= 11 is 7.47. The Labute approximate surface area is 227 Å². The lowest BCUT2D eigenvalue weighted by atomic mass is 10.1. The fourth-order valence-corrected chi connectivity index (χ4v) is 5.34. The summed E-state index contributed by atoms with van der Waals surface area (Å²) < 4.78 is 3.66. The number of thiophene rings is 1. The molecule has 3 aromatic carbocycles. The number of benzene rings is 3. The van der Waals surface area contributed by atoms with Crippen molar-refractivity contribution in [3.8, 4) is 22.6 Å². The van der Waals surface area contributed by atoms with E-state index in [-0.39, 0.29) is 5.91 Å². The highest BCUT2D eigenvalue weighted by atomic mass is 35.5. The van der Waals surface area contributed by atoms with Gasteiger partial charge in [-0.3, -0.25) is 4.79 Å². The molecule has 0 radical (unpaired) electrons. The lowest BCUT2D eigenvalue weighted by Gasteiger charge is -2.01. The van der Waals surface area contributed by atoms with E-state index in [1.165, 1.54) is 11.3 Å². The van der Waals surface area contributed by atoms with Gasteiger partial charge in [0.25, 0.3) is 5.91 Å². The molecule has 186 valence electrons. The quantitative estimate of drug-likeness (QED) is 0.191. The number of para-hydroxylation sites is 2. The molecule has 0 aliphatic carbocycles. The van der Waals surface area contributed by atoms with Crippen LogP contribution in [0.1, 0.15) is 20.9 Å². The van der Waals surface area contributed by atoms with Crippen LogP contribution in [-0.2, 0) is 0 Å². The van der Waals surface area contributed by atoms with E-state index in [1.807, 2.05) is 109 Å². The van der Waals surface area contributed by atoms with E-state index in [0.29, 0.717) is 9.90 Å². The van der Waals surface area contributed by atoms with Crippen LogP contribution in [0.25, 0.3) is 32.8 Å². The number of hydrogen-bond donors (Lipinski definition) is 1. The molecule has 0 spiro atoms. The molecule has 9 heteroatoms. The summed E-state index contributed by atoms with van der Waals surface area (Å²) in [6, 6.07) is 29.0. The molecule has 7 nitrogen and oxygen atoms in total. The summed E-state index contributed by atoms with van der Waals surface area (Å²) in [6.45, 7) is 1.94. The number of hydrogen-bond acceptors (Lipinski definition) is 5. The SMILES string of the molecule is Cc1nn(-c2ccccc2)c2sc(C(=O)N/N=C/c3cn(-c4ccccc4)nc3-c3ccc(Cl)cc3)cc12. The van der Waals surface area contributed by atoms with Gasteiger partial charge < -0.3 is 0 Å². The number of aromatic nitrogens is 4. The molecule has 0 aliphatic heterocycles. The standard InChI is InChI=1S/C29H21ClN6OS/c1-19-25-16-26(38-29(25)36(33-19)24-10-6-3-7-11-24)28(37)32-31-17-21-18-35(23-8-4-2-5-9-23)34-27(21)20-12-14-22(30)15-13-20/h2-18H,1H3,(H,32,37)/b31-17+. The van der Waals surface area contributed by atoms with Crippen molar-refractivity contribution in [2.75, 3.05) is 0 Å². The summed E-state index contributed by atoms with van der Waals surface area (Å²) in [4.78, 5) is 14.5. The molecular weight excluding hydrogens is 516 g/mol. The van der Waals surface area contributed by atoms with Crippen molar-refractivity contribution in [3.63, 3.8) is 0 Å². The lowest BCUT2D eigenvalue weighted by Crippen LogP contribution is -2.16. The largest absolute Gasteiger partial charge is 0.281 e. The van der Waals surface area contributed by atoms with Crippen molar-refractivity contribution in [1.29, 1.82) is 0 Å². The first-order chi connectivity index (χ1) is 18.6. The highest BCUT2D eigenvalue weighted by Crippen LogP contribution is 2.30. The second-order valence-corrected chi connectivity index (χ2v) is 10.0. The first kappa shape index (κ1) is 23.8. The van der Waals surface area contributed by atoms with Gasteiger partial charge in [0.2, 0.25) is 0 Å². The molecule has 0 aliphatic rings. The van der Waals surface area contributed by atoms with Gasteiger partial charge in [-0.25, -0.2) is 14.8 Å². The van der Waals surface area contributed by atoms with E-state index >= 15 is 0 Å². The van der Waals surface area contributed by atoms with Crippen molar-refractivity contribution >= 4 is 45.3 Å². The molecule has 6 aromatic rings. The monoisotopic (exact) mass is 536 g/mol. The maximum Gasteiger partial charge on any atom is 0.281 e. The number of nitrogens with one attached hydrogen (secondary N) is 1. The summed E-state index contributed by atoms with van der Waals surface area (Å²) in [6.07, 6.45) is 3.49. The zero-order valence-corrected chi connectivity index (χ0v) is 21.8. The van der Waals surface area contributed by atoms with Gasteiger partial charge in [0.1, 0.15) is 10.5 Å². The Morgan fingerprint density at radius 2 is 1.63 bits per heavy atom. The van der Waals surface area contributed by atoms with Gasteiger partial charge in [0.05, 0.1) is 28.2 Å². The number of halogens is 1. The Morgan fingerprint density at radius 1 is 0.947 bits per heavy atom. The lowest BCUT2D eigenvalue weighted by molar-refractivity contribution is 0.0959. The predicted octanol–water partition coefficient (Wildman–Crippen LogP) is 6.67. The van der Waals surface area contributed by atoms with Gasteiger partial charge in [-0.1, -0.05) is 60.1 Å². The van der Waals surface area contributed by atoms with E-state index in [2.05, 4.69) is 15.6 Å². The zero-order chi connectivity index (χ0) is 26.1. The summed E-state index contributed by atoms with van der Waals surface area (Å²) in [7, 11) is 0. The van der Waals surface area contributed by atoms with Crippen molar-refractivity contribution in [2.45, 2.75) is 6.92 Å². The molecule has 6 rings (SSSR count). The zero-order valence-electron chi connectivity index (χ0n) is 20.2. The third-order valence-electron chi connectivity index (χ3n) is 6.02. The number of aryl methyl sites for hydroxylation is 1. The molecule has 3 aromatic heterocycles. The fourth-order valence-electron chi connectivity index (χ4n) is 4.15. The third-order valence-corrected chi connectivity index (χ3v) is 7.38. The average molecular weight is 537 g/mol. The number of carbonyl (C=O) groups is 1. The van der Waals surface area contributed by atoms with E-state index in [1.54, 1.807) is 10.9 Å². The number of fused-ring (bicyclic) bond motifs is 1. The first-order valence-electron chi connectivity index (χ1n) is 11.9. The van der Waals surface area contributed by atoms with Gasteiger partial charge in [-0.05, 0) is 49.4 Å². The smallest absolute Gasteiger partial charge is 0.266 e. The Morgan fingerprint density at radius 3 is 2.34 bits per heavy atom. The number of hydrazone groups is 1. The fraction of sp³-hybridized carbons (Fsp3) is 0.0345. The number of rotatable bonds is 6. The van der Waals surface area contributed by atoms with Crippen molar-refractivity contribution < 1.29 is 4.79 Å². The minimum absolute atomic E-state index is 0.287. The molecule has 3 heterocycles. The molecule has 0 unspecified atom stereocenters. The Kier molecular flexibility index (Phi) is 6.33. The topological polar surface area (TPSA) is 77.1 Å². The van der Waals surface area contributed by atoms with Crippen LogP contribution in [-0.4, -0.2) is 31.7 Å². The molecule has 1 amide bonds. The number of nitrogens with zero attached hydrogens (tertiary/aromatic N) is 5. The van der Waals surface area contributed by atoms with Crippen LogP contribution in [0.2, 0.25) is 5.02 Å². The van der Waals surface area contributed by atoms with Gasteiger partial charge in [-0.2, -0.15) is 15.3 Å². The summed E-state index contributed by atoms with van der Waals surface area (Å²) in [5, 5.41) is 15.3. The van der Waals surface area contributed by atoms with Crippen LogP contribution in [0.15, 0.2) is 102 Å². The maximum atomic E-state index is 13.0. The van der Waals surface area contributed by atoms with Crippen LogP contribution in [0.5, 0.6) is 0 Å². The van der Waals surface area contributed by atoms with Crippen molar-refractivity contribution in [3.05, 3.63) is 118 Å². The summed E-state index contributed by atoms with van der Waals surface area (Å²) in [5.41, 5.74) is 7.76. The van der Waals surface area contributed by atoms with Crippen LogP contribution in [0.4, 0.5) is 0 Å². The molecule has 38 heavy (non-hydrogen) atoms. The highest BCUT2D eigenvalue weighted by Gasteiger charge is 2.17. The molecule has 0 saturated heterocycles. The van der Waals surface area contributed by atoms with E-state index in [9.17, 15) is 4.79 Å². The molecular formula is C29H21ClN6OS. The Bertz CT molecular complexity index is 1770. The van der Waals surface area contributed by atoms with Gasteiger partial charge in [0, 0.05) is 27.7 Å². The maximum absolute atomic E-state index is 13.0. The first-order valence-corrected chi connectivity index (χ1v) is 13.1. The average Bonchev–Trinajstić information content (AvgIpc) is 3.65. The number of amides is 1. The van der Waals surface area contributed by atoms with Gasteiger partial charge in [0.15, 0.2) is 0 Å².